The molecule has 0 unspecified atom stereocenters. The third-order valence-corrected chi connectivity index (χ3v) is 8.46. The number of aromatic nitrogens is 5. The van der Waals surface area contributed by atoms with Crippen LogP contribution in [0.1, 0.15) is 30.3 Å². The van der Waals surface area contributed by atoms with Crippen molar-refractivity contribution in [1.82, 2.24) is 24.1 Å². The van der Waals surface area contributed by atoms with Gasteiger partial charge in [-0.3, -0.25) is 4.57 Å². The maximum atomic E-state index is 13.7. The second-order valence-corrected chi connectivity index (χ2v) is 11.1. The van der Waals surface area contributed by atoms with Crippen LogP contribution in [0.5, 0.6) is 11.5 Å². The largest absolute Gasteiger partial charge is 0.494 e. The van der Waals surface area contributed by atoms with Gasteiger partial charge in [-0.05, 0) is 50.2 Å². The molecule has 0 fully saturated rings. The van der Waals surface area contributed by atoms with Gasteiger partial charge in [0.15, 0.2) is 21.4 Å². The van der Waals surface area contributed by atoms with E-state index in [-0.39, 0.29) is 17.3 Å². The Morgan fingerprint density at radius 2 is 1.76 bits per heavy atom. The maximum Gasteiger partial charge on any atom is 0.204 e. The predicted molar refractivity (Wildman–Crippen MR) is 139 cm³/mol. The average molecular weight is 538 g/mol. The number of hydrogen-bond acceptors (Lipinski definition) is 9. The van der Waals surface area contributed by atoms with E-state index in [1.807, 2.05) is 6.07 Å². The standard InChI is InChI=1S/C26H27N5O6S/c1-16-11-12-21(37-16)26-29-28-22(31(26)24-19(35-3)9-7-10-20(24)36-4)14-38(33,34)17(2)25(32)23-18-8-5-6-13-30(18)15-27-23/h5-13,15,17,25,32H,14H2,1-4H3/t17-,25+/m1/s1. The molecule has 38 heavy (non-hydrogen) atoms. The number of pyridine rings is 1. The number of para-hydroxylation sites is 1. The maximum absolute atomic E-state index is 13.7. The van der Waals surface area contributed by atoms with Gasteiger partial charge in [0, 0.05) is 6.20 Å². The molecule has 5 aromatic rings. The molecule has 0 saturated heterocycles. The molecule has 11 nitrogen and oxygen atoms in total. The van der Waals surface area contributed by atoms with Crippen molar-refractivity contribution in [2.45, 2.75) is 31.0 Å². The molecular weight excluding hydrogens is 510 g/mol. The van der Waals surface area contributed by atoms with Crippen molar-refractivity contribution in [3.63, 3.8) is 0 Å². The van der Waals surface area contributed by atoms with Gasteiger partial charge in [0.2, 0.25) is 5.82 Å². The van der Waals surface area contributed by atoms with Crippen LogP contribution in [-0.2, 0) is 15.6 Å². The molecule has 198 valence electrons. The summed E-state index contributed by atoms with van der Waals surface area (Å²) < 4.78 is 47.5. The van der Waals surface area contributed by atoms with Gasteiger partial charge < -0.3 is 23.4 Å². The molecule has 4 heterocycles. The topological polar surface area (TPSA) is 134 Å². The lowest BCUT2D eigenvalue weighted by Crippen LogP contribution is -2.28. The van der Waals surface area contributed by atoms with Gasteiger partial charge in [-0.15, -0.1) is 10.2 Å². The molecule has 1 N–H and O–H groups in total. The Balaban J connectivity index is 1.59. The van der Waals surface area contributed by atoms with Crippen molar-refractivity contribution in [3.05, 3.63) is 78.3 Å². The van der Waals surface area contributed by atoms with Crippen molar-refractivity contribution in [3.8, 4) is 28.8 Å². The number of benzene rings is 1. The molecule has 1 aromatic carbocycles. The minimum Gasteiger partial charge on any atom is -0.494 e. The lowest BCUT2D eigenvalue weighted by atomic mass is 10.2. The summed E-state index contributed by atoms with van der Waals surface area (Å²) in [5.74, 6) is 1.74. The van der Waals surface area contributed by atoms with E-state index in [9.17, 15) is 13.5 Å². The minimum absolute atomic E-state index is 0.102. The highest BCUT2D eigenvalue weighted by Gasteiger charge is 2.34. The molecule has 0 amide bonds. The molecule has 0 radical (unpaired) electrons. The zero-order chi connectivity index (χ0) is 27.0. The van der Waals surface area contributed by atoms with Gasteiger partial charge >= 0.3 is 0 Å². The van der Waals surface area contributed by atoms with E-state index in [0.29, 0.717) is 34.2 Å². The van der Waals surface area contributed by atoms with Gasteiger partial charge in [-0.1, -0.05) is 12.1 Å². The number of ether oxygens (including phenoxy) is 2. The summed E-state index contributed by atoms with van der Waals surface area (Å²) in [6.45, 7) is 3.25. The number of sulfone groups is 1. The Labute approximate surface area is 219 Å². The zero-order valence-electron chi connectivity index (χ0n) is 21.3. The predicted octanol–water partition coefficient (Wildman–Crippen LogP) is 3.54. The number of imidazole rings is 1. The second kappa shape index (κ2) is 9.95. The van der Waals surface area contributed by atoms with Crippen LogP contribution in [0, 0.1) is 6.92 Å². The molecular formula is C26H27N5O6S. The molecule has 0 saturated carbocycles. The van der Waals surface area contributed by atoms with Crippen LogP contribution in [0.2, 0.25) is 0 Å². The molecule has 0 aliphatic heterocycles. The number of aliphatic hydroxyl groups is 1. The number of rotatable bonds is 9. The van der Waals surface area contributed by atoms with Crippen molar-refractivity contribution in [2.24, 2.45) is 0 Å². The van der Waals surface area contributed by atoms with E-state index in [1.165, 1.54) is 27.5 Å². The molecule has 5 rings (SSSR count). The quantitative estimate of drug-likeness (QED) is 0.300. The second-order valence-electron chi connectivity index (χ2n) is 8.78. The molecule has 0 aliphatic carbocycles. The van der Waals surface area contributed by atoms with E-state index in [2.05, 4.69) is 15.2 Å². The van der Waals surface area contributed by atoms with Gasteiger partial charge in [-0.25, -0.2) is 13.4 Å². The van der Waals surface area contributed by atoms with E-state index >= 15 is 0 Å². The Kier molecular flexibility index (Phi) is 6.67. The third kappa shape index (κ3) is 4.41. The summed E-state index contributed by atoms with van der Waals surface area (Å²) >= 11 is 0. The van der Waals surface area contributed by atoms with Crippen LogP contribution >= 0.6 is 0 Å². The fourth-order valence-electron chi connectivity index (χ4n) is 4.33. The number of furan rings is 1. The summed E-state index contributed by atoms with van der Waals surface area (Å²) in [6.07, 6.45) is 1.95. The highest BCUT2D eigenvalue weighted by Crippen LogP contribution is 2.37. The van der Waals surface area contributed by atoms with Gasteiger partial charge in [0.05, 0.1) is 37.0 Å². The Morgan fingerprint density at radius 3 is 2.42 bits per heavy atom. The van der Waals surface area contributed by atoms with Crippen molar-refractivity contribution < 1.29 is 27.4 Å². The van der Waals surface area contributed by atoms with Gasteiger partial charge in [-0.2, -0.15) is 0 Å². The normalized spacial score (nSPS) is 13.5. The fraction of sp³-hybridized carbons (Fsp3) is 0.269. The fourth-order valence-corrected chi connectivity index (χ4v) is 5.66. The first kappa shape index (κ1) is 25.5. The Hall–Kier alpha value is -4.16. The molecule has 4 aromatic heterocycles. The molecule has 2 atom stereocenters. The van der Waals surface area contributed by atoms with Gasteiger partial charge in [0.25, 0.3) is 0 Å². The first-order chi connectivity index (χ1) is 18.2. The number of nitrogens with zero attached hydrogens (tertiary/aromatic N) is 5. The van der Waals surface area contributed by atoms with Crippen LogP contribution in [0.15, 0.2) is 65.5 Å². The summed E-state index contributed by atoms with van der Waals surface area (Å²) in [5.41, 5.74) is 1.32. The number of aliphatic hydroxyl groups excluding tert-OH is 1. The first-order valence-electron chi connectivity index (χ1n) is 11.8. The lowest BCUT2D eigenvalue weighted by molar-refractivity contribution is 0.173. The molecule has 0 bridgehead atoms. The average Bonchev–Trinajstić information content (AvgIpc) is 3.65. The number of aryl methyl sites for hydroxylation is 1. The van der Waals surface area contributed by atoms with Crippen LogP contribution in [-0.4, -0.2) is 57.1 Å². The first-order valence-corrected chi connectivity index (χ1v) is 13.5. The lowest BCUT2D eigenvalue weighted by Gasteiger charge is -2.20. The summed E-state index contributed by atoms with van der Waals surface area (Å²) in [4.78, 5) is 4.26. The number of methoxy groups -OCH3 is 2. The molecule has 0 aliphatic rings. The zero-order valence-corrected chi connectivity index (χ0v) is 22.1. The van der Waals surface area contributed by atoms with Gasteiger partial charge in [0.1, 0.15) is 34.8 Å². The van der Waals surface area contributed by atoms with E-state index in [1.54, 1.807) is 64.6 Å². The minimum atomic E-state index is -3.98. The summed E-state index contributed by atoms with van der Waals surface area (Å²) in [6, 6.07) is 14.1. The molecule has 0 spiro atoms. The third-order valence-electron chi connectivity index (χ3n) is 6.41. The van der Waals surface area contributed by atoms with E-state index < -0.39 is 26.9 Å². The summed E-state index contributed by atoms with van der Waals surface area (Å²) in [5, 5.41) is 18.4. The summed E-state index contributed by atoms with van der Waals surface area (Å²) in [7, 11) is -0.969. The number of fused-ring (bicyclic) bond motifs is 1. The highest BCUT2D eigenvalue weighted by atomic mass is 32.2. The van der Waals surface area contributed by atoms with E-state index in [4.69, 9.17) is 13.9 Å². The smallest absolute Gasteiger partial charge is 0.204 e. The van der Waals surface area contributed by atoms with Crippen LogP contribution in [0.3, 0.4) is 0 Å². The van der Waals surface area contributed by atoms with E-state index in [0.717, 1.165) is 0 Å². The van der Waals surface area contributed by atoms with Crippen LogP contribution in [0.25, 0.3) is 22.8 Å². The van der Waals surface area contributed by atoms with Crippen molar-refractivity contribution in [1.29, 1.82) is 0 Å². The molecule has 12 heteroatoms. The van der Waals surface area contributed by atoms with Crippen molar-refractivity contribution >= 4 is 15.4 Å². The number of hydrogen-bond donors (Lipinski definition) is 1. The highest BCUT2D eigenvalue weighted by molar-refractivity contribution is 7.91. The monoisotopic (exact) mass is 537 g/mol. The van der Waals surface area contributed by atoms with Crippen LogP contribution < -0.4 is 9.47 Å². The van der Waals surface area contributed by atoms with Crippen molar-refractivity contribution in [2.75, 3.05) is 14.2 Å². The van der Waals surface area contributed by atoms with Crippen LogP contribution in [0.4, 0.5) is 0 Å². The SMILES string of the molecule is COc1cccc(OC)c1-n1c(CS(=O)(=O)[C@H](C)[C@H](O)c2ncn3ccccc23)nnc1-c1ccc(C)o1. The Bertz CT molecular complexity index is 1680. The Morgan fingerprint density at radius 1 is 1.03 bits per heavy atom.